The Hall–Kier alpha value is -3.20. The van der Waals surface area contributed by atoms with Crippen LogP contribution in [0.3, 0.4) is 0 Å². The number of imide groups is 1. The minimum absolute atomic E-state index is 0.342. The summed E-state index contributed by atoms with van der Waals surface area (Å²) < 4.78 is 0. The number of nitrogens with zero attached hydrogens (tertiary/aromatic N) is 1. The van der Waals surface area contributed by atoms with Gasteiger partial charge in [-0.1, -0.05) is 38.1 Å². The van der Waals surface area contributed by atoms with Crippen molar-refractivity contribution in [2.24, 2.45) is 5.73 Å². The SMILES string of the molecule is CC(C)c1ccc([C@]2(C)NC(=O)N(CC(=O)Nc3sc4c(c3C(N)=O)CCCC4)C2=O)cc1. The van der Waals surface area contributed by atoms with Gasteiger partial charge in [0.15, 0.2) is 0 Å². The fourth-order valence-electron chi connectivity index (χ4n) is 4.46. The van der Waals surface area contributed by atoms with Gasteiger partial charge in [0.25, 0.3) is 11.8 Å². The van der Waals surface area contributed by atoms with Gasteiger partial charge in [-0.15, -0.1) is 11.3 Å². The normalized spacial score (nSPS) is 20.1. The molecule has 4 N–H and O–H groups in total. The van der Waals surface area contributed by atoms with E-state index in [-0.39, 0.29) is 0 Å². The molecule has 2 heterocycles. The van der Waals surface area contributed by atoms with Gasteiger partial charge in [0.1, 0.15) is 17.1 Å². The molecule has 33 heavy (non-hydrogen) atoms. The average Bonchev–Trinajstić information content (AvgIpc) is 3.24. The molecular weight excluding hydrogens is 440 g/mol. The number of nitrogens with two attached hydrogens (primary N) is 1. The summed E-state index contributed by atoms with van der Waals surface area (Å²) in [5.41, 5.74) is 7.35. The number of rotatable bonds is 6. The summed E-state index contributed by atoms with van der Waals surface area (Å²) in [6.45, 7) is 5.33. The number of carbonyl (C=O) groups is 4. The molecule has 5 amide bonds. The van der Waals surface area contributed by atoms with E-state index in [4.69, 9.17) is 5.73 Å². The zero-order valence-electron chi connectivity index (χ0n) is 19.0. The number of hydrogen-bond acceptors (Lipinski definition) is 5. The van der Waals surface area contributed by atoms with Gasteiger partial charge in [-0.2, -0.15) is 0 Å². The van der Waals surface area contributed by atoms with Gasteiger partial charge in [-0.25, -0.2) is 4.79 Å². The molecule has 1 aliphatic carbocycles. The summed E-state index contributed by atoms with van der Waals surface area (Å²) in [4.78, 5) is 52.6. The van der Waals surface area contributed by atoms with E-state index in [1.54, 1.807) is 6.92 Å². The van der Waals surface area contributed by atoms with E-state index in [0.29, 0.717) is 22.0 Å². The Bertz CT molecular complexity index is 1140. The van der Waals surface area contributed by atoms with Crippen molar-refractivity contribution in [3.05, 3.63) is 51.4 Å². The maximum absolute atomic E-state index is 13.2. The van der Waals surface area contributed by atoms with Crippen molar-refractivity contribution in [2.75, 3.05) is 11.9 Å². The molecule has 1 atom stereocenters. The number of amides is 5. The molecule has 0 unspecified atom stereocenters. The summed E-state index contributed by atoms with van der Waals surface area (Å²) in [6, 6.07) is 6.89. The molecule has 0 bridgehead atoms. The number of hydrogen-bond donors (Lipinski definition) is 3. The van der Waals surface area contributed by atoms with Gasteiger partial charge < -0.3 is 16.4 Å². The maximum Gasteiger partial charge on any atom is 0.325 e. The van der Waals surface area contributed by atoms with E-state index in [0.717, 1.165) is 46.6 Å². The zero-order chi connectivity index (χ0) is 23.9. The van der Waals surface area contributed by atoms with Gasteiger partial charge in [0.05, 0.1) is 5.56 Å². The van der Waals surface area contributed by atoms with Crippen molar-refractivity contribution in [1.82, 2.24) is 10.2 Å². The highest BCUT2D eigenvalue weighted by Gasteiger charge is 2.49. The Labute approximate surface area is 196 Å². The van der Waals surface area contributed by atoms with Crippen LogP contribution in [-0.4, -0.2) is 35.2 Å². The second-order valence-corrected chi connectivity index (χ2v) is 10.2. The predicted octanol–water partition coefficient (Wildman–Crippen LogP) is 3.25. The Morgan fingerprint density at radius 3 is 2.48 bits per heavy atom. The lowest BCUT2D eigenvalue weighted by Gasteiger charge is -2.22. The molecule has 9 heteroatoms. The van der Waals surface area contributed by atoms with Crippen molar-refractivity contribution in [2.45, 2.75) is 57.9 Å². The largest absolute Gasteiger partial charge is 0.365 e. The van der Waals surface area contributed by atoms with Crippen LogP contribution in [0.4, 0.5) is 9.80 Å². The smallest absolute Gasteiger partial charge is 0.325 e. The van der Waals surface area contributed by atoms with E-state index < -0.39 is 35.8 Å². The lowest BCUT2D eigenvalue weighted by molar-refractivity contribution is -0.133. The highest BCUT2D eigenvalue weighted by Crippen LogP contribution is 2.38. The molecule has 0 spiro atoms. The van der Waals surface area contributed by atoms with Crippen LogP contribution in [0.15, 0.2) is 24.3 Å². The second kappa shape index (κ2) is 8.62. The minimum Gasteiger partial charge on any atom is -0.365 e. The third-order valence-corrected chi connectivity index (χ3v) is 7.61. The molecule has 8 nitrogen and oxygen atoms in total. The number of nitrogens with one attached hydrogen (secondary N) is 2. The van der Waals surface area contributed by atoms with Crippen LogP contribution in [0.25, 0.3) is 0 Å². The van der Waals surface area contributed by atoms with E-state index in [1.807, 2.05) is 24.3 Å². The number of benzene rings is 1. The Morgan fingerprint density at radius 2 is 1.85 bits per heavy atom. The quantitative estimate of drug-likeness (QED) is 0.563. The Kier molecular flexibility index (Phi) is 6.00. The van der Waals surface area contributed by atoms with E-state index in [9.17, 15) is 19.2 Å². The van der Waals surface area contributed by atoms with Crippen LogP contribution in [0.2, 0.25) is 0 Å². The average molecular weight is 469 g/mol. The van der Waals surface area contributed by atoms with Crippen LogP contribution < -0.4 is 16.4 Å². The number of urea groups is 1. The standard InChI is InChI=1S/C24H28N4O4S/c1-13(2)14-8-10-15(11-9-14)24(3)22(31)28(23(32)27-24)12-18(29)26-21-19(20(25)30)16-6-4-5-7-17(16)33-21/h8-11,13H,4-7,12H2,1-3H3,(H2,25,30)(H,26,29)(H,27,32)/t24-/m0/s1. The van der Waals surface area contributed by atoms with Crippen LogP contribution in [-0.2, 0) is 28.0 Å². The fourth-order valence-corrected chi connectivity index (χ4v) is 5.77. The summed E-state index contributed by atoms with van der Waals surface area (Å²) in [6.07, 6.45) is 3.59. The number of fused-ring (bicyclic) bond motifs is 1. The molecule has 174 valence electrons. The first-order chi connectivity index (χ1) is 15.6. The van der Waals surface area contributed by atoms with Crippen molar-refractivity contribution in [3.63, 3.8) is 0 Å². The zero-order valence-corrected chi connectivity index (χ0v) is 19.8. The molecule has 2 aliphatic rings. The Balaban J connectivity index is 1.51. The van der Waals surface area contributed by atoms with Crippen LogP contribution in [0.5, 0.6) is 0 Å². The number of anilines is 1. The molecule has 2 aromatic rings. The topological polar surface area (TPSA) is 122 Å². The Morgan fingerprint density at radius 1 is 1.18 bits per heavy atom. The van der Waals surface area contributed by atoms with Gasteiger partial charge in [0, 0.05) is 4.88 Å². The summed E-state index contributed by atoms with van der Waals surface area (Å²) >= 11 is 1.34. The van der Waals surface area contributed by atoms with Gasteiger partial charge >= 0.3 is 6.03 Å². The van der Waals surface area contributed by atoms with E-state index >= 15 is 0 Å². The van der Waals surface area contributed by atoms with Crippen molar-refractivity contribution < 1.29 is 19.2 Å². The van der Waals surface area contributed by atoms with Crippen LogP contribution in [0.1, 0.15) is 71.5 Å². The molecule has 1 aromatic heterocycles. The number of thiophene rings is 1. The number of primary amides is 1. The molecule has 0 radical (unpaired) electrons. The van der Waals surface area contributed by atoms with Crippen molar-refractivity contribution >= 4 is 40.1 Å². The van der Waals surface area contributed by atoms with E-state index in [2.05, 4.69) is 24.5 Å². The number of aryl methyl sites for hydroxylation is 1. The first kappa shape index (κ1) is 23.0. The molecule has 0 saturated carbocycles. The second-order valence-electron chi connectivity index (χ2n) is 9.05. The summed E-state index contributed by atoms with van der Waals surface area (Å²) in [5, 5.41) is 5.82. The third kappa shape index (κ3) is 4.13. The van der Waals surface area contributed by atoms with Gasteiger partial charge in [-0.3, -0.25) is 19.3 Å². The molecular formula is C24H28N4O4S. The first-order valence-electron chi connectivity index (χ1n) is 11.1. The highest BCUT2D eigenvalue weighted by molar-refractivity contribution is 7.17. The maximum atomic E-state index is 13.2. The molecule has 1 saturated heterocycles. The van der Waals surface area contributed by atoms with Crippen molar-refractivity contribution in [1.29, 1.82) is 0 Å². The third-order valence-electron chi connectivity index (χ3n) is 6.40. The minimum atomic E-state index is -1.26. The van der Waals surface area contributed by atoms with Crippen molar-refractivity contribution in [3.8, 4) is 0 Å². The lowest BCUT2D eigenvalue weighted by Crippen LogP contribution is -2.42. The molecule has 1 fully saturated rings. The fraction of sp³-hybridized carbons (Fsp3) is 0.417. The summed E-state index contributed by atoms with van der Waals surface area (Å²) in [7, 11) is 0. The molecule has 1 aromatic carbocycles. The van der Waals surface area contributed by atoms with Crippen LogP contribution in [0, 0.1) is 0 Å². The van der Waals surface area contributed by atoms with Crippen LogP contribution >= 0.6 is 11.3 Å². The van der Waals surface area contributed by atoms with Gasteiger partial charge in [0.2, 0.25) is 5.91 Å². The number of carbonyl (C=O) groups excluding carboxylic acids is 4. The monoisotopic (exact) mass is 468 g/mol. The predicted molar refractivity (Wildman–Crippen MR) is 126 cm³/mol. The van der Waals surface area contributed by atoms with E-state index in [1.165, 1.54) is 11.3 Å². The summed E-state index contributed by atoms with van der Waals surface area (Å²) in [5.74, 6) is -1.30. The highest BCUT2D eigenvalue weighted by atomic mass is 32.1. The lowest BCUT2D eigenvalue weighted by atomic mass is 9.90. The molecule has 4 rings (SSSR count). The molecule has 1 aliphatic heterocycles. The first-order valence-corrected chi connectivity index (χ1v) is 11.9. The van der Waals surface area contributed by atoms with Gasteiger partial charge in [-0.05, 0) is 55.2 Å².